The average Bonchev–Trinajstić information content (AvgIpc) is 2.87. The first-order valence-corrected chi connectivity index (χ1v) is 12.7. The minimum absolute atomic E-state index is 0.0319. The number of aryl methyl sites for hydroxylation is 2. The Hall–Kier alpha value is -3.62. The Balaban J connectivity index is 1.93. The fraction of sp³-hybridized carbons (Fsp3) is 0.500. The van der Waals surface area contributed by atoms with Crippen LogP contribution >= 0.6 is 0 Å². The molecule has 1 saturated heterocycles. The number of hydrogen-bond acceptors (Lipinski definition) is 6. The lowest BCUT2D eigenvalue weighted by molar-refractivity contribution is -0.206. The molecule has 37 heavy (non-hydrogen) atoms. The van der Waals surface area contributed by atoms with Gasteiger partial charge in [-0.2, -0.15) is 0 Å². The molecule has 2 N–H and O–H groups in total. The maximum Gasteiger partial charge on any atom is 0.330 e. The highest BCUT2D eigenvalue weighted by Crippen LogP contribution is 2.49. The maximum absolute atomic E-state index is 13.5. The third kappa shape index (κ3) is 5.70. The van der Waals surface area contributed by atoms with E-state index in [1.807, 2.05) is 12.1 Å². The van der Waals surface area contributed by atoms with Crippen LogP contribution in [0.15, 0.2) is 49.1 Å². The van der Waals surface area contributed by atoms with E-state index in [4.69, 9.17) is 0 Å². The molecular weight excluding hydrogens is 474 g/mol. The molecule has 198 valence electrons. The van der Waals surface area contributed by atoms with Crippen LogP contribution in [0.2, 0.25) is 0 Å². The number of ketones is 1. The average molecular weight is 510 g/mol. The molecule has 1 aliphatic heterocycles. The molecule has 0 aliphatic carbocycles. The topological polar surface area (TPSA) is 138 Å². The lowest BCUT2D eigenvalue weighted by atomic mass is 9.62. The first kappa shape index (κ1) is 28.0. The minimum atomic E-state index is -1.78. The summed E-state index contributed by atoms with van der Waals surface area (Å²) in [5, 5.41) is 20.6. The van der Waals surface area contributed by atoms with E-state index in [9.17, 15) is 29.4 Å². The highest BCUT2D eigenvalue weighted by atomic mass is 16.4. The van der Waals surface area contributed by atoms with Gasteiger partial charge in [0.25, 0.3) is 5.91 Å². The van der Waals surface area contributed by atoms with E-state index in [1.165, 1.54) is 0 Å². The van der Waals surface area contributed by atoms with E-state index < -0.39 is 46.5 Å². The fourth-order valence-corrected chi connectivity index (χ4v) is 5.19. The monoisotopic (exact) mass is 509 g/mol. The summed E-state index contributed by atoms with van der Waals surface area (Å²) in [4.78, 5) is 60.9. The predicted octanol–water partition coefficient (Wildman–Crippen LogP) is 3.56. The number of rotatable bonds is 13. The number of nitrogens with zero attached hydrogens (tertiary/aromatic N) is 3. The minimum Gasteiger partial charge on any atom is -0.480 e. The molecule has 1 fully saturated rings. The number of aromatic nitrogens is 2. The highest BCUT2D eigenvalue weighted by molar-refractivity contribution is 6.39. The molecule has 1 unspecified atom stereocenters. The Bertz CT molecular complexity index is 1120. The Morgan fingerprint density at radius 3 is 2.00 bits per heavy atom. The normalized spacial score (nSPS) is 21.2. The molecule has 2 aromatic heterocycles. The van der Waals surface area contributed by atoms with Crippen LogP contribution in [0.4, 0.5) is 0 Å². The van der Waals surface area contributed by atoms with Crippen LogP contribution in [0, 0.1) is 11.3 Å². The second-order valence-electron chi connectivity index (χ2n) is 10.3. The molecule has 0 saturated carbocycles. The molecule has 0 spiro atoms. The molecule has 3 atom stereocenters. The van der Waals surface area contributed by atoms with Gasteiger partial charge >= 0.3 is 11.9 Å². The van der Waals surface area contributed by atoms with E-state index in [0.717, 1.165) is 16.0 Å². The fourth-order valence-electron chi connectivity index (χ4n) is 5.19. The van der Waals surface area contributed by atoms with Crippen LogP contribution in [0.5, 0.6) is 0 Å². The third-order valence-electron chi connectivity index (χ3n) is 7.69. The van der Waals surface area contributed by atoms with Crippen LogP contribution in [0.3, 0.4) is 0 Å². The van der Waals surface area contributed by atoms with E-state index in [2.05, 4.69) is 9.97 Å². The number of pyridine rings is 2. The molecule has 1 aliphatic rings. The van der Waals surface area contributed by atoms with Crippen molar-refractivity contribution in [1.82, 2.24) is 14.9 Å². The van der Waals surface area contributed by atoms with Gasteiger partial charge in [0.05, 0.1) is 0 Å². The van der Waals surface area contributed by atoms with Crippen LogP contribution < -0.4 is 0 Å². The second-order valence-corrected chi connectivity index (χ2v) is 10.3. The van der Waals surface area contributed by atoms with Crippen molar-refractivity contribution in [2.24, 2.45) is 11.3 Å². The van der Waals surface area contributed by atoms with Crippen molar-refractivity contribution < 1.29 is 29.4 Å². The van der Waals surface area contributed by atoms with Gasteiger partial charge in [-0.3, -0.25) is 19.6 Å². The molecule has 0 aromatic carbocycles. The zero-order chi connectivity index (χ0) is 27.2. The van der Waals surface area contributed by atoms with E-state index in [1.54, 1.807) is 57.7 Å². The highest BCUT2D eigenvalue weighted by Gasteiger charge is 2.69. The predicted molar refractivity (Wildman–Crippen MR) is 136 cm³/mol. The number of likely N-dealkylation sites (tertiary alicyclic amines) is 1. The third-order valence-corrected chi connectivity index (χ3v) is 7.69. The van der Waals surface area contributed by atoms with Crippen molar-refractivity contribution in [3.63, 3.8) is 0 Å². The number of amides is 1. The lowest BCUT2D eigenvalue weighted by Gasteiger charge is -2.60. The lowest BCUT2D eigenvalue weighted by Crippen LogP contribution is -2.80. The molecule has 1 amide bonds. The van der Waals surface area contributed by atoms with E-state index >= 15 is 0 Å². The first-order valence-electron chi connectivity index (χ1n) is 12.7. The Kier molecular flexibility index (Phi) is 8.78. The summed E-state index contributed by atoms with van der Waals surface area (Å²) in [6.07, 6.45) is 9.40. The summed E-state index contributed by atoms with van der Waals surface area (Å²) in [5.41, 5.74) is -0.951. The number of carbonyl (C=O) groups is 4. The van der Waals surface area contributed by atoms with Crippen LogP contribution in [0.1, 0.15) is 64.0 Å². The molecule has 2 aromatic rings. The smallest absolute Gasteiger partial charge is 0.330 e. The number of hydrogen-bond donors (Lipinski definition) is 2. The summed E-state index contributed by atoms with van der Waals surface area (Å²) in [6, 6.07) is 5.99. The zero-order valence-electron chi connectivity index (χ0n) is 21.6. The van der Waals surface area contributed by atoms with Crippen molar-refractivity contribution >= 4 is 23.6 Å². The van der Waals surface area contributed by atoms with E-state index in [0.29, 0.717) is 32.1 Å². The first-order chi connectivity index (χ1) is 17.6. The van der Waals surface area contributed by atoms with Gasteiger partial charge in [0, 0.05) is 36.1 Å². The molecule has 9 heteroatoms. The van der Waals surface area contributed by atoms with Crippen LogP contribution in [-0.4, -0.2) is 60.3 Å². The molecule has 0 radical (unpaired) electrons. The molecule has 3 heterocycles. The summed E-state index contributed by atoms with van der Waals surface area (Å²) >= 11 is 0. The largest absolute Gasteiger partial charge is 0.480 e. The summed E-state index contributed by atoms with van der Waals surface area (Å²) < 4.78 is 0. The Morgan fingerprint density at radius 2 is 1.54 bits per heavy atom. The number of carboxylic acids is 2. The SMILES string of the molecule is CCC(C)(C)C(=O)C(=O)N1[C@@H](C(=O)O)C(CCCc2cccnc2)[C@]1(CCCc1cccnc1)C(=O)O. The quantitative estimate of drug-likeness (QED) is 0.391. The Labute approximate surface area is 216 Å². The van der Waals surface area contributed by atoms with Crippen LogP contribution in [0.25, 0.3) is 0 Å². The molecule has 0 bridgehead atoms. The van der Waals surface area contributed by atoms with Gasteiger partial charge in [0.1, 0.15) is 11.6 Å². The van der Waals surface area contributed by atoms with Gasteiger partial charge in [0.2, 0.25) is 5.78 Å². The molecule has 9 nitrogen and oxygen atoms in total. The standard InChI is InChI=1S/C28H35N3O6/c1-4-27(2,3)23(32)24(33)31-22(25(34)35)21(13-5-9-19-11-7-15-29-17-19)28(31,26(36)37)14-6-10-20-12-8-16-30-18-20/h7-8,11-12,15-18,21-22H,4-6,9-10,13-14H2,1-3H3,(H,34,35)(H,36,37)/t21?,22-,28-/m1/s1. The summed E-state index contributed by atoms with van der Waals surface area (Å²) in [5.74, 6) is -5.22. The van der Waals surface area contributed by atoms with E-state index in [-0.39, 0.29) is 12.8 Å². The number of Topliss-reactive ketones (excluding diaryl/α,β-unsaturated/α-hetero) is 1. The second kappa shape index (κ2) is 11.6. The van der Waals surface area contributed by atoms with Gasteiger partial charge in [-0.1, -0.05) is 32.9 Å². The van der Waals surface area contributed by atoms with Crippen molar-refractivity contribution in [2.75, 3.05) is 0 Å². The van der Waals surface area contributed by atoms with Crippen molar-refractivity contribution in [2.45, 2.75) is 77.3 Å². The van der Waals surface area contributed by atoms with Gasteiger partial charge in [-0.15, -0.1) is 0 Å². The van der Waals surface area contributed by atoms with Crippen LogP contribution in [-0.2, 0) is 32.0 Å². The van der Waals surface area contributed by atoms with Gasteiger partial charge in [-0.25, -0.2) is 9.59 Å². The number of carboxylic acid groups (broad SMARTS) is 2. The molecule has 3 rings (SSSR count). The Morgan fingerprint density at radius 1 is 0.973 bits per heavy atom. The maximum atomic E-state index is 13.5. The van der Waals surface area contributed by atoms with Gasteiger partial charge in [0.15, 0.2) is 0 Å². The van der Waals surface area contributed by atoms with Gasteiger partial charge < -0.3 is 15.1 Å². The number of aliphatic carboxylic acids is 2. The summed E-state index contributed by atoms with van der Waals surface area (Å²) in [7, 11) is 0. The van der Waals surface area contributed by atoms with Crippen molar-refractivity contribution in [1.29, 1.82) is 0 Å². The van der Waals surface area contributed by atoms with Gasteiger partial charge in [-0.05, 0) is 68.2 Å². The number of carbonyl (C=O) groups excluding carboxylic acids is 2. The summed E-state index contributed by atoms with van der Waals surface area (Å²) in [6.45, 7) is 4.98. The zero-order valence-corrected chi connectivity index (χ0v) is 21.6. The van der Waals surface area contributed by atoms with Crippen molar-refractivity contribution in [3.05, 3.63) is 60.2 Å². The molecular formula is C28H35N3O6. The van der Waals surface area contributed by atoms with Crippen molar-refractivity contribution in [3.8, 4) is 0 Å².